The fourth-order valence-corrected chi connectivity index (χ4v) is 5.33. The monoisotopic (exact) mass is 403 g/mol. The second-order valence-electron chi connectivity index (χ2n) is 7.67. The lowest BCUT2D eigenvalue weighted by Gasteiger charge is -2.22. The summed E-state index contributed by atoms with van der Waals surface area (Å²) in [6.45, 7) is 5.44. The van der Waals surface area contributed by atoms with Gasteiger partial charge in [-0.05, 0) is 44.7 Å². The standard InChI is InChI=1S/C20H25N3O4S/c1-14-4-5-17(18-12-15(2)21-27-18)13-19(14)28(25,26)23-9-3-8-22(10-11-23)20(24)16-6-7-16/h4-5,12-13,16H,3,6-11H2,1-2H3. The van der Waals surface area contributed by atoms with Gasteiger partial charge in [-0.1, -0.05) is 17.3 Å². The molecule has 0 N–H and O–H groups in total. The lowest BCUT2D eigenvalue weighted by Crippen LogP contribution is -2.38. The van der Waals surface area contributed by atoms with Crippen LogP contribution in [0, 0.1) is 19.8 Å². The summed E-state index contributed by atoms with van der Waals surface area (Å²) in [6, 6.07) is 7.07. The van der Waals surface area contributed by atoms with E-state index in [0.717, 1.165) is 18.5 Å². The lowest BCUT2D eigenvalue weighted by molar-refractivity contribution is -0.132. The molecule has 0 spiro atoms. The Kier molecular flexibility index (Phi) is 5.01. The van der Waals surface area contributed by atoms with Crippen molar-refractivity contribution in [2.45, 2.75) is 38.0 Å². The minimum atomic E-state index is -3.66. The zero-order valence-electron chi connectivity index (χ0n) is 16.2. The molecule has 28 heavy (non-hydrogen) atoms. The van der Waals surface area contributed by atoms with Gasteiger partial charge >= 0.3 is 0 Å². The van der Waals surface area contributed by atoms with Gasteiger partial charge in [-0.2, -0.15) is 4.31 Å². The third-order valence-corrected chi connectivity index (χ3v) is 7.45. The molecule has 0 unspecified atom stereocenters. The maximum absolute atomic E-state index is 13.3. The molecular formula is C20H25N3O4S. The number of aryl methyl sites for hydroxylation is 2. The van der Waals surface area contributed by atoms with E-state index in [1.165, 1.54) is 4.31 Å². The average Bonchev–Trinajstić information content (AvgIpc) is 3.46. The van der Waals surface area contributed by atoms with Gasteiger partial charge in [-0.25, -0.2) is 8.42 Å². The van der Waals surface area contributed by atoms with Gasteiger partial charge in [0.1, 0.15) is 0 Å². The third kappa shape index (κ3) is 3.71. The largest absolute Gasteiger partial charge is 0.356 e. The number of nitrogens with zero attached hydrogens (tertiary/aromatic N) is 3. The van der Waals surface area contributed by atoms with Crippen LogP contribution in [0.25, 0.3) is 11.3 Å². The van der Waals surface area contributed by atoms with E-state index in [-0.39, 0.29) is 16.7 Å². The van der Waals surface area contributed by atoms with Gasteiger partial charge in [0, 0.05) is 43.7 Å². The zero-order chi connectivity index (χ0) is 19.9. The Morgan fingerprint density at radius 3 is 2.57 bits per heavy atom. The number of hydrogen-bond donors (Lipinski definition) is 0. The normalized spacial score (nSPS) is 18.9. The van der Waals surface area contributed by atoms with Crippen LogP contribution in [-0.4, -0.2) is 54.9 Å². The number of hydrogen-bond acceptors (Lipinski definition) is 5. The molecule has 0 atom stereocenters. The fraction of sp³-hybridized carbons (Fsp3) is 0.500. The SMILES string of the molecule is Cc1cc(-c2ccc(C)c(S(=O)(=O)N3CCCN(C(=O)C4CC4)CC3)c2)on1. The van der Waals surface area contributed by atoms with Gasteiger partial charge in [-0.3, -0.25) is 4.79 Å². The van der Waals surface area contributed by atoms with E-state index < -0.39 is 10.0 Å². The summed E-state index contributed by atoms with van der Waals surface area (Å²) in [5, 5.41) is 3.88. The molecular weight excluding hydrogens is 378 g/mol. The summed E-state index contributed by atoms with van der Waals surface area (Å²) < 4.78 is 33.5. The van der Waals surface area contributed by atoms with E-state index in [1.807, 2.05) is 17.9 Å². The first kappa shape index (κ1) is 19.1. The van der Waals surface area contributed by atoms with Gasteiger partial charge in [0.05, 0.1) is 10.6 Å². The summed E-state index contributed by atoms with van der Waals surface area (Å²) in [4.78, 5) is 14.4. The number of amides is 1. The molecule has 2 aromatic rings. The molecule has 2 aliphatic rings. The fourth-order valence-electron chi connectivity index (χ4n) is 3.61. The molecule has 150 valence electrons. The van der Waals surface area contributed by atoms with Gasteiger partial charge in [-0.15, -0.1) is 0 Å². The van der Waals surface area contributed by atoms with Crippen molar-refractivity contribution < 1.29 is 17.7 Å². The van der Waals surface area contributed by atoms with Crippen LogP contribution in [0.5, 0.6) is 0 Å². The minimum absolute atomic E-state index is 0.160. The molecule has 7 nitrogen and oxygen atoms in total. The summed E-state index contributed by atoms with van der Waals surface area (Å²) in [7, 11) is -3.66. The second-order valence-corrected chi connectivity index (χ2v) is 9.58. The molecule has 0 radical (unpaired) electrons. The van der Waals surface area contributed by atoms with Crippen LogP contribution in [0.4, 0.5) is 0 Å². The molecule has 1 amide bonds. The molecule has 0 bridgehead atoms. The number of carbonyl (C=O) groups is 1. The van der Waals surface area contributed by atoms with Crippen molar-refractivity contribution in [2.24, 2.45) is 5.92 Å². The summed E-state index contributed by atoms with van der Waals surface area (Å²) in [6.07, 6.45) is 2.58. The van der Waals surface area contributed by atoms with Crippen LogP contribution >= 0.6 is 0 Å². The highest BCUT2D eigenvalue weighted by Crippen LogP contribution is 2.32. The van der Waals surface area contributed by atoms with Crippen molar-refractivity contribution in [3.8, 4) is 11.3 Å². The quantitative estimate of drug-likeness (QED) is 0.783. The first-order valence-electron chi connectivity index (χ1n) is 9.69. The van der Waals surface area contributed by atoms with Crippen molar-refractivity contribution in [1.82, 2.24) is 14.4 Å². The van der Waals surface area contributed by atoms with Crippen molar-refractivity contribution in [3.63, 3.8) is 0 Å². The number of rotatable bonds is 4. The Morgan fingerprint density at radius 2 is 1.89 bits per heavy atom. The molecule has 2 heterocycles. The topological polar surface area (TPSA) is 83.7 Å². The molecule has 1 saturated heterocycles. The third-order valence-electron chi connectivity index (χ3n) is 5.41. The summed E-state index contributed by atoms with van der Waals surface area (Å²) in [5.41, 5.74) is 2.12. The predicted molar refractivity (Wildman–Crippen MR) is 104 cm³/mol. The van der Waals surface area contributed by atoms with Gasteiger partial charge in [0.2, 0.25) is 15.9 Å². The maximum Gasteiger partial charge on any atom is 0.243 e. The molecule has 1 aliphatic heterocycles. The van der Waals surface area contributed by atoms with E-state index >= 15 is 0 Å². The number of benzene rings is 1. The average molecular weight is 404 g/mol. The predicted octanol–water partition coefficient (Wildman–Crippen LogP) is 2.59. The number of aromatic nitrogens is 1. The van der Waals surface area contributed by atoms with Gasteiger partial charge < -0.3 is 9.42 Å². The van der Waals surface area contributed by atoms with Crippen molar-refractivity contribution in [1.29, 1.82) is 0 Å². The van der Waals surface area contributed by atoms with Crippen LogP contribution < -0.4 is 0 Å². The number of sulfonamides is 1. The van der Waals surface area contributed by atoms with E-state index in [1.54, 1.807) is 25.1 Å². The zero-order valence-corrected chi connectivity index (χ0v) is 17.0. The first-order valence-corrected chi connectivity index (χ1v) is 11.1. The van der Waals surface area contributed by atoms with E-state index in [9.17, 15) is 13.2 Å². The lowest BCUT2D eigenvalue weighted by atomic mass is 10.1. The molecule has 4 rings (SSSR count). The number of carbonyl (C=O) groups excluding carboxylic acids is 1. The van der Waals surface area contributed by atoms with Crippen LogP contribution in [0.1, 0.15) is 30.5 Å². The summed E-state index contributed by atoms with van der Waals surface area (Å²) in [5.74, 6) is 0.886. The Labute approximate surface area is 165 Å². The van der Waals surface area contributed by atoms with E-state index in [4.69, 9.17) is 4.52 Å². The second kappa shape index (κ2) is 7.33. The molecule has 8 heteroatoms. The molecule has 1 saturated carbocycles. The van der Waals surface area contributed by atoms with Crippen molar-refractivity contribution in [2.75, 3.05) is 26.2 Å². The highest BCUT2D eigenvalue weighted by atomic mass is 32.2. The van der Waals surface area contributed by atoms with Crippen LogP contribution in [0.3, 0.4) is 0 Å². The van der Waals surface area contributed by atoms with Crippen LogP contribution in [-0.2, 0) is 14.8 Å². The summed E-state index contributed by atoms with van der Waals surface area (Å²) >= 11 is 0. The highest BCUT2D eigenvalue weighted by molar-refractivity contribution is 7.89. The molecule has 1 aliphatic carbocycles. The van der Waals surface area contributed by atoms with Crippen molar-refractivity contribution in [3.05, 3.63) is 35.5 Å². The van der Waals surface area contributed by atoms with Gasteiger partial charge in [0.25, 0.3) is 0 Å². The van der Waals surface area contributed by atoms with Gasteiger partial charge in [0.15, 0.2) is 5.76 Å². The Balaban J connectivity index is 1.58. The smallest absolute Gasteiger partial charge is 0.243 e. The first-order chi connectivity index (χ1) is 13.4. The highest BCUT2D eigenvalue weighted by Gasteiger charge is 2.35. The van der Waals surface area contributed by atoms with Crippen LogP contribution in [0.15, 0.2) is 33.7 Å². The Hall–Kier alpha value is -2.19. The van der Waals surface area contributed by atoms with E-state index in [0.29, 0.717) is 49.5 Å². The Bertz CT molecular complexity index is 995. The van der Waals surface area contributed by atoms with E-state index in [2.05, 4.69) is 5.16 Å². The van der Waals surface area contributed by atoms with Crippen molar-refractivity contribution >= 4 is 15.9 Å². The minimum Gasteiger partial charge on any atom is -0.356 e. The molecule has 1 aromatic carbocycles. The maximum atomic E-state index is 13.3. The van der Waals surface area contributed by atoms with Crippen LogP contribution in [0.2, 0.25) is 0 Å². The molecule has 1 aromatic heterocycles. The Morgan fingerprint density at radius 1 is 1.11 bits per heavy atom. The molecule has 2 fully saturated rings.